The van der Waals surface area contributed by atoms with E-state index in [9.17, 15) is 4.79 Å². The van der Waals surface area contributed by atoms with Crippen LogP contribution >= 0.6 is 0 Å². The molecule has 1 fully saturated rings. The minimum absolute atomic E-state index is 0.0251. The Balaban J connectivity index is 1.54. The van der Waals surface area contributed by atoms with Crippen LogP contribution in [0.3, 0.4) is 0 Å². The van der Waals surface area contributed by atoms with E-state index in [2.05, 4.69) is 42.0 Å². The topological polar surface area (TPSA) is 58.1 Å². The van der Waals surface area contributed by atoms with Gasteiger partial charge in [-0.25, -0.2) is 9.97 Å². The molecule has 5 nitrogen and oxygen atoms in total. The number of carbonyl (C=O) groups excluding carboxylic acids is 1. The fourth-order valence-electron chi connectivity index (χ4n) is 4.46. The molecule has 1 amide bonds. The average Bonchev–Trinajstić information content (AvgIpc) is 3.17. The van der Waals surface area contributed by atoms with E-state index >= 15 is 0 Å². The first-order chi connectivity index (χ1) is 13.4. The number of aryl methyl sites for hydroxylation is 1. The second-order valence-electron chi connectivity index (χ2n) is 9.03. The number of carbonyl (C=O) groups is 1. The van der Waals surface area contributed by atoms with Gasteiger partial charge in [0.2, 0.25) is 11.9 Å². The number of nitrogens with zero attached hydrogens (tertiary/aromatic N) is 3. The van der Waals surface area contributed by atoms with Crippen LogP contribution in [-0.2, 0) is 17.6 Å². The van der Waals surface area contributed by atoms with E-state index in [1.165, 1.54) is 12.8 Å². The van der Waals surface area contributed by atoms with E-state index < -0.39 is 0 Å². The Labute approximate surface area is 167 Å². The molecular formula is C23H30N4O. The molecule has 1 aromatic carbocycles. The maximum Gasteiger partial charge on any atom is 0.225 e. The smallest absolute Gasteiger partial charge is 0.225 e. The summed E-state index contributed by atoms with van der Waals surface area (Å²) in [5, 5.41) is 3.26. The van der Waals surface area contributed by atoms with Crippen LogP contribution in [0.1, 0.15) is 61.5 Å². The van der Waals surface area contributed by atoms with Gasteiger partial charge in [-0.15, -0.1) is 0 Å². The Bertz CT molecular complexity index is 871. The summed E-state index contributed by atoms with van der Waals surface area (Å²) in [6, 6.07) is 8.05. The Morgan fingerprint density at radius 3 is 2.75 bits per heavy atom. The van der Waals surface area contributed by atoms with Crippen molar-refractivity contribution in [1.29, 1.82) is 0 Å². The van der Waals surface area contributed by atoms with Gasteiger partial charge >= 0.3 is 0 Å². The summed E-state index contributed by atoms with van der Waals surface area (Å²) in [5.41, 5.74) is 4.51. The highest BCUT2D eigenvalue weighted by Crippen LogP contribution is 2.40. The number of benzene rings is 1. The molecule has 2 aliphatic rings. The molecule has 0 bridgehead atoms. The van der Waals surface area contributed by atoms with Gasteiger partial charge < -0.3 is 10.2 Å². The van der Waals surface area contributed by atoms with Crippen molar-refractivity contribution in [2.75, 3.05) is 18.0 Å². The summed E-state index contributed by atoms with van der Waals surface area (Å²) in [7, 11) is 0. The average molecular weight is 379 g/mol. The number of hydrogen-bond acceptors (Lipinski definition) is 4. The van der Waals surface area contributed by atoms with Gasteiger partial charge in [0.05, 0.1) is 18.2 Å². The van der Waals surface area contributed by atoms with Crippen LogP contribution in [0.4, 0.5) is 5.95 Å². The Hall–Kier alpha value is -2.43. The van der Waals surface area contributed by atoms with E-state index in [1.807, 2.05) is 24.4 Å². The van der Waals surface area contributed by atoms with Crippen LogP contribution < -0.4 is 10.2 Å². The summed E-state index contributed by atoms with van der Waals surface area (Å²) in [6.07, 6.45) is 6.62. The van der Waals surface area contributed by atoms with Crippen LogP contribution in [-0.4, -0.2) is 29.0 Å². The molecule has 28 heavy (non-hydrogen) atoms. The lowest BCUT2D eigenvalue weighted by Crippen LogP contribution is -2.38. The van der Waals surface area contributed by atoms with E-state index in [4.69, 9.17) is 4.98 Å². The van der Waals surface area contributed by atoms with Gasteiger partial charge in [-0.1, -0.05) is 38.1 Å². The summed E-state index contributed by atoms with van der Waals surface area (Å²) in [4.78, 5) is 24.6. The fourth-order valence-corrected chi connectivity index (χ4v) is 4.46. The van der Waals surface area contributed by atoms with Crippen molar-refractivity contribution in [3.05, 3.63) is 52.8 Å². The molecule has 148 valence electrons. The van der Waals surface area contributed by atoms with E-state index in [1.54, 1.807) is 0 Å². The second kappa shape index (κ2) is 7.53. The third-order valence-corrected chi connectivity index (χ3v) is 6.00. The second-order valence-corrected chi connectivity index (χ2v) is 9.03. The molecule has 4 rings (SSSR count). The predicted molar refractivity (Wildman–Crippen MR) is 111 cm³/mol. The number of hydrogen-bond donors (Lipinski definition) is 1. The summed E-state index contributed by atoms with van der Waals surface area (Å²) < 4.78 is 0. The van der Waals surface area contributed by atoms with Crippen molar-refractivity contribution in [2.24, 2.45) is 5.41 Å². The molecule has 1 aromatic heterocycles. The standard InChI is InChI=1S/C23H30N4O/c1-16-8-4-5-9-17(16)12-21(28)25-19-13-23(2,3)14-20-18(19)15-24-22(26-20)27-10-6-7-11-27/h4-5,8-9,15,19H,6-7,10-14H2,1-3H3,(H,25,28). The molecule has 2 heterocycles. The lowest BCUT2D eigenvalue weighted by molar-refractivity contribution is -0.121. The summed E-state index contributed by atoms with van der Waals surface area (Å²) in [6.45, 7) is 8.65. The first-order valence-electron chi connectivity index (χ1n) is 10.4. The molecule has 1 aliphatic carbocycles. The molecular weight excluding hydrogens is 348 g/mol. The van der Waals surface area contributed by atoms with Crippen molar-refractivity contribution in [2.45, 2.75) is 58.9 Å². The molecule has 0 saturated carbocycles. The van der Waals surface area contributed by atoms with Crippen LogP contribution in [0, 0.1) is 12.3 Å². The van der Waals surface area contributed by atoms with Crippen LogP contribution in [0.5, 0.6) is 0 Å². The Morgan fingerprint density at radius 1 is 1.25 bits per heavy atom. The van der Waals surface area contributed by atoms with Crippen LogP contribution in [0.25, 0.3) is 0 Å². The SMILES string of the molecule is Cc1ccccc1CC(=O)NC1CC(C)(C)Cc2nc(N3CCCC3)ncc21. The number of rotatable bonds is 4. The lowest BCUT2D eigenvalue weighted by atomic mass is 9.74. The maximum absolute atomic E-state index is 12.8. The molecule has 1 atom stereocenters. The molecule has 1 unspecified atom stereocenters. The number of nitrogens with one attached hydrogen (secondary N) is 1. The zero-order chi connectivity index (χ0) is 19.7. The van der Waals surface area contributed by atoms with Crippen molar-refractivity contribution in [1.82, 2.24) is 15.3 Å². The molecule has 0 spiro atoms. The third kappa shape index (κ3) is 4.03. The number of fused-ring (bicyclic) bond motifs is 1. The van der Waals surface area contributed by atoms with Gasteiger partial charge in [0, 0.05) is 24.8 Å². The van der Waals surface area contributed by atoms with Gasteiger partial charge in [0.15, 0.2) is 0 Å². The Kier molecular flexibility index (Phi) is 5.09. The first kappa shape index (κ1) is 18.9. The van der Waals surface area contributed by atoms with E-state index in [0.29, 0.717) is 6.42 Å². The molecule has 2 aromatic rings. The fraction of sp³-hybridized carbons (Fsp3) is 0.522. The van der Waals surface area contributed by atoms with Crippen molar-refractivity contribution < 1.29 is 4.79 Å². The van der Waals surface area contributed by atoms with Crippen LogP contribution in [0.15, 0.2) is 30.5 Å². The first-order valence-corrected chi connectivity index (χ1v) is 10.4. The van der Waals surface area contributed by atoms with Gasteiger partial charge in [0.25, 0.3) is 0 Å². The van der Waals surface area contributed by atoms with Gasteiger partial charge in [0.1, 0.15) is 0 Å². The molecule has 1 aliphatic heterocycles. The van der Waals surface area contributed by atoms with E-state index in [-0.39, 0.29) is 17.4 Å². The maximum atomic E-state index is 12.8. The molecule has 5 heteroatoms. The predicted octanol–water partition coefficient (Wildman–Crippen LogP) is 3.76. The number of aromatic nitrogens is 2. The zero-order valence-electron chi connectivity index (χ0n) is 17.2. The molecule has 1 N–H and O–H groups in total. The van der Waals surface area contributed by atoms with Crippen LogP contribution in [0.2, 0.25) is 0 Å². The Morgan fingerprint density at radius 2 is 2.00 bits per heavy atom. The van der Waals surface area contributed by atoms with Crippen molar-refractivity contribution in [3.63, 3.8) is 0 Å². The normalized spacial score (nSPS) is 20.7. The highest BCUT2D eigenvalue weighted by atomic mass is 16.1. The monoisotopic (exact) mass is 378 g/mol. The third-order valence-electron chi connectivity index (χ3n) is 6.00. The van der Waals surface area contributed by atoms with Gasteiger partial charge in [-0.3, -0.25) is 4.79 Å². The number of anilines is 1. The minimum atomic E-state index is -0.0251. The van der Waals surface area contributed by atoms with Crippen molar-refractivity contribution in [3.8, 4) is 0 Å². The summed E-state index contributed by atoms with van der Waals surface area (Å²) in [5.74, 6) is 0.908. The lowest BCUT2D eigenvalue weighted by Gasteiger charge is -2.36. The molecule has 0 radical (unpaired) electrons. The van der Waals surface area contributed by atoms with Gasteiger partial charge in [-0.05, 0) is 49.1 Å². The van der Waals surface area contributed by atoms with Crippen molar-refractivity contribution >= 4 is 11.9 Å². The zero-order valence-corrected chi connectivity index (χ0v) is 17.2. The quantitative estimate of drug-likeness (QED) is 0.880. The number of amides is 1. The minimum Gasteiger partial charge on any atom is -0.349 e. The highest BCUT2D eigenvalue weighted by molar-refractivity contribution is 5.79. The summed E-state index contributed by atoms with van der Waals surface area (Å²) >= 11 is 0. The largest absolute Gasteiger partial charge is 0.349 e. The highest BCUT2D eigenvalue weighted by Gasteiger charge is 2.35. The van der Waals surface area contributed by atoms with E-state index in [0.717, 1.165) is 54.3 Å². The van der Waals surface area contributed by atoms with Gasteiger partial charge in [-0.2, -0.15) is 0 Å². The molecule has 1 saturated heterocycles.